The molecule has 1 heterocycles. The van der Waals surface area contributed by atoms with Gasteiger partial charge in [0, 0.05) is 6.54 Å². The first-order valence-corrected chi connectivity index (χ1v) is 4.32. The summed E-state index contributed by atoms with van der Waals surface area (Å²) in [6.45, 7) is 0.961. The van der Waals surface area contributed by atoms with Gasteiger partial charge in [0.05, 0.1) is 17.4 Å². The number of rotatable bonds is 2. The van der Waals surface area contributed by atoms with Crippen molar-refractivity contribution in [2.45, 2.75) is 6.54 Å². The number of fused-ring (bicyclic) bond motifs is 1. The minimum Gasteiger partial charge on any atom is -0.345 e. The molecule has 0 amide bonds. The van der Waals surface area contributed by atoms with E-state index in [0.29, 0.717) is 0 Å². The van der Waals surface area contributed by atoms with Crippen LogP contribution >= 0.6 is 0 Å². The van der Waals surface area contributed by atoms with Gasteiger partial charge >= 0.3 is 0 Å². The van der Waals surface area contributed by atoms with Crippen LogP contribution in [0.25, 0.3) is 11.0 Å². The van der Waals surface area contributed by atoms with Gasteiger partial charge in [-0.1, -0.05) is 6.07 Å². The lowest BCUT2D eigenvalue weighted by Gasteiger charge is -2.08. The second kappa shape index (κ2) is 3.18. The van der Waals surface area contributed by atoms with E-state index in [1.807, 2.05) is 0 Å². The van der Waals surface area contributed by atoms with Crippen molar-refractivity contribution in [2.24, 2.45) is 0 Å². The number of benzene rings is 1. The maximum Gasteiger partial charge on any atom is 0.0931 e. The summed E-state index contributed by atoms with van der Waals surface area (Å²) >= 11 is 0. The van der Waals surface area contributed by atoms with Gasteiger partial charge in [0.25, 0.3) is 0 Å². The third-order valence-electron chi connectivity index (χ3n) is 1.98. The van der Waals surface area contributed by atoms with Crippen molar-refractivity contribution in [3.63, 3.8) is 0 Å². The molecule has 68 valence electrons. The molecule has 2 aromatic rings. The Balaban J connectivity index is 2.37. The Labute approximate surface area is 77.4 Å². The van der Waals surface area contributed by atoms with Crippen molar-refractivity contribution in [1.82, 2.24) is 14.9 Å². The van der Waals surface area contributed by atoms with Crippen LogP contribution in [0.4, 0.5) is 0 Å². The molecule has 0 unspecified atom stereocenters. The summed E-state index contributed by atoms with van der Waals surface area (Å²) < 4.78 is 0. The largest absolute Gasteiger partial charge is 0.345 e. The van der Waals surface area contributed by atoms with Gasteiger partial charge in [0.2, 0.25) is 0 Å². The fourth-order valence-electron chi connectivity index (χ4n) is 1.44. The summed E-state index contributed by atoms with van der Waals surface area (Å²) in [5, 5.41) is 0. The van der Waals surface area contributed by atoms with E-state index in [1.54, 1.807) is 6.33 Å². The standard InChI is InChI=1S/C10H13N3/c1-13(2)6-8-3-4-9-10(5-8)12-7-11-9/h3-5,7H,6H2,1-2H3,(H,11,12). The first-order valence-electron chi connectivity index (χ1n) is 4.32. The number of aromatic amines is 1. The maximum absolute atomic E-state index is 4.21. The van der Waals surface area contributed by atoms with Crippen LogP contribution < -0.4 is 0 Å². The zero-order chi connectivity index (χ0) is 9.26. The van der Waals surface area contributed by atoms with Crippen LogP contribution in [-0.4, -0.2) is 29.0 Å². The van der Waals surface area contributed by atoms with E-state index in [0.717, 1.165) is 17.6 Å². The van der Waals surface area contributed by atoms with Crippen LogP contribution in [-0.2, 0) is 6.54 Å². The summed E-state index contributed by atoms with van der Waals surface area (Å²) in [7, 11) is 4.13. The number of imidazole rings is 1. The topological polar surface area (TPSA) is 31.9 Å². The van der Waals surface area contributed by atoms with E-state index in [1.165, 1.54) is 5.56 Å². The average Bonchev–Trinajstić information content (AvgIpc) is 2.49. The van der Waals surface area contributed by atoms with E-state index < -0.39 is 0 Å². The Morgan fingerprint density at radius 1 is 1.38 bits per heavy atom. The third kappa shape index (κ3) is 1.70. The van der Waals surface area contributed by atoms with E-state index in [9.17, 15) is 0 Å². The van der Waals surface area contributed by atoms with Gasteiger partial charge in [-0.25, -0.2) is 4.98 Å². The van der Waals surface area contributed by atoms with Crippen LogP contribution in [0.2, 0.25) is 0 Å². The molecule has 0 spiro atoms. The smallest absolute Gasteiger partial charge is 0.0931 e. The predicted octanol–water partition coefficient (Wildman–Crippen LogP) is 1.62. The Hall–Kier alpha value is -1.35. The fourth-order valence-corrected chi connectivity index (χ4v) is 1.44. The Bertz CT molecular complexity index is 403. The monoisotopic (exact) mass is 175 g/mol. The predicted molar refractivity (Wildman–Crippen MR) is 53.5 cm³/mol. The summed E-state index contributed by atoms with van der Waals surface area (Å²) in [4.78, 5) is 9.43. The zero-order valence-electron chi connectivity index (χ0n) is 7.91. The molecule has 1 aromatic heterocycles. The number of hydrogen-bond donors (Lipinski definition) is 1. The van der Waals surface area contributed by atoms with Gasteiger partial charge in [-0.2, -0.15) is 0 Å². The second-order valence-electron chi connectivity index (χ2n) is 3.49. The van der Waals surface area contributed by atoms with Crippen molar-refractivity contribution >= 4 is 11.0 Å². The second-order valence-corrected chi connectivity index (χ2v) is 3.49. The van der Waals surface area contributed by atoms with E-state index >= 15 is 0 Å². The molecule has 1 aromatic carbocycles. The van der Waals surface area contributed by atoms with Crippen LogP contribution in [0, 0.1) is 0 Å². The number of nitrogens with zero attached hydrogens (tertiary/aromatic N) is 2. The van der Waals surface area contributed by atoms with E-state index in [4.69, 9.17) is 0 Å². The van der Waals surface area contributed by atoms with Gasteiger partial charge in [0.1, 0.15) is 0 Å². The van der Waals surface area contributed by atoms with E-state index in [-0.39, 0.29) is 0 Å². The molecular formula is C10H13N3. The lowest BCUT2D eigenvalue weighted by atomic mass is 10.2. The highest BCUT2D eigenvalue weighted by Crippen LogP contribution is 2.12. The molecule has 3 nitrogen and oxygen atoms in total. The Morgan fingerprint density at radius 2 is 2.23 bits per heavy atom. The highest BCUT2D eigenvalue weighted by molar-refractivity contribution is 5.74. The van der Waals surface area contributed by atoms with Gasteiger partial charge in [-0.05, 0) is 31.8 Å². The lowest BCUT2D eigenvalue weighted by Crippen LogP contribution is -2.10. The van der Waals surface area contributed by atoms with Gasteiger partial charge in [-0.15, -0.1) is 0 Å². The van der Waals surface area contributed by atoms with Gasteiger partial charge < -0.3 is 9.88 Å². The molecule has 3 heteroatoms. The summed E-state index contributed by atoms with van der Waals surface area (Å²) in [6.07, 6.45) is 1.73. The molecule has 13 heavy (non-hydrogen) atoms. The molecule has 0 atom stereocenters. The van der Waals surface area contributed by atoms with Crippen molar-refractivity contribution in [3.8, 4) is 0 Å². The minimum atomic E-state index is 0.961. The maximum atomic E-state index is 4.21. The van der Waals surface area contributed by atoms with Crippen molar-refractivity contribution in [3.05, 3.63) is 30.1 Å². The first kappa shape index (κ1) is 8.26. The average molecular weight is 175 g/mol. The van der Waals surface area contributed by atoms with Crippen LogP contribution in [0.15, 0.2) is 24.5 Å². The Morgan fingerprint density at radius 3 is 3.00 bits per heavy atom. The molecule has 0 fully saturated rings. The fraction of sp³-hybridized carbons (Fsp3) is 0.300. The molecule has 1 N–H and O–H groups in total. The third-order valence-corrected chi connectivity index (χ3v) is 1.98. The SMILES string of the molecule is CN(C)Cc1ccc2[nH]cnc2c1. The quantitative estimate of drug-likeness (QED) is 0.752. The first-order chi connectivity index (χ1) is 6.25. The highest BCUT2D eigenvalue weighted by Gasteiger charge is 1.98. The van der Waals surface area contributed by atoms with Crippen molar-refractivity contribution in [1.29, 1.82) is 0 Å². The number of nitrogens with one attached hydrogen (secondary N) is 1. The molecule has 0 bridgehead atoms. The highest BCUT2D eigenvalue weighted by atomic mass is 15.0. The normalized spacial score (nSPS) is 11.3. The summed E-state index contributed by atoms with van der Waals surface area (Å²) in [5.74, 6) is 0. The Kier molecular flexibility index (Phi) is 2.02. The molecule has 0 radical (unpaired) electrons. The van der Waals surface area contributed by atoms with Gasteiger partial charge in [0.15, 0.2) is 0 Å². The van der Waals surface area contributed by atoms with Crippen molar-refractivity contribution in [2.75, 3.05) is 14.1 Å². The zero-order valence-corrected chi connectivity index (χ0v) is 7.91. The molecular weight excluding hydrogens is 162 g/mol. The molecule has 0 saturated carbocycles. The van der Waals surface area contributed by atoms with Crippen LogP contribution in [0.1, 0.15) is 5.56 Å². The minimum absolute atomic E-state index is 0.961. The van der Waals surface area contributed by atoms with Crippen molar-refractivity contribution < 1.29 is 0 Å². The molecule has 0 aliphatic carbocycles. The van der Waals surface area contributed by atoms with Crippen LogP contribution in [0.3, 0.4) is 0 Å². The lowest BCUT2D eigenvalue weighted by molar-refractivity contribution is 0.402. The van der Waals surface area contributed by atoms with E-state index in [2.05, 4.69) is 47.2 Å². The molecule has 0 saturated heterocycles. The van der Waals surface area contributed by atoms with Gasteiger partial charge in [-0.3, -0.25) is 0 Å². The summed E-state index contributed by atoms with van der Waals surface area (Å²) in [6, 6.07) is 6.31. The number of aromatic nitrogens is 2. The van der Waals surface area contributed by atoms with Crippen LogP contribution in [0.5, 0.6) is 0 Å². The summed E-state index contributed by atoms with van der Waals surface area (Å²) in [5.41, 5.74) is 3.44. The molecule has 0 aliphatic rings. The number of H-pyrrole nitrogens is 1. The molecule has 2 rings (SSSR count). The molecule has 0 aliphatic heterocycles. The number of hydrogen-bond acceptors (Lipinski definition) is 2.